The molecular weight excluding hydrogens is 458 g/mol. The van der Waals surface area contributed by atoms with Crippen LogP contribution in [0.1, 0.15) is 39.6 Å². The third-order valence-corrected chi connectivity index (χ3v) is 7.95. The molecule has 7 heteroatoms. The molecule has 6 nitrogen and oxygen atoms in total. The van der Waals surface area contributed by atoms with Crippen LogP contribution in [0, 0.1) is 0 Å². The van der Waals surface area contributed by atoms with E-state index in [0.29, 0.717) is 17.9 Å². The largest absolute Gasteiger partial charge is 0.340 e. The van der Waals surface area contributed by atoms with Crippen molar-refractivity contribution in [2.24, 2.45) is 0 Å². The Morgan fingerprint density at radius 2 is 1.66 bits per heavy atom. The molecular formula is C28H25N3O3S. The predicted octanol–water partition coefficient (Wildman–Crippen LogP) is 4.74. The lowest BCUT2D eigenvalue weighted by atomic mass is 10.0. The summed E-state index contributed by atoms with van der Waals surface area (Å²) in [5.41, 5.74) is 3.56. The van der Waals surface area contributed by atoms with E-state index in [1.807, 2.05) is 72.8 Å². The van der Waals surface area contributed by atoms with E-state index in [9.17, 15) is 13.2 Å². The van der Waals surface area contributed by atoms with Gasteiger partial charge in [-0.3, -0.25) is 14.1 Å². The first kappa shape index (κ1) is 22.8. The Morgan fingerprint density at radius 1 is 0.886 bits per heavy atom. The summed E-state index contributed by atoms with van der Waals surface area (Å²) < 4.78 is 28.6. The Labute approximate surface area is 205 Å². The second-order valence-electron chi connectivity index (χ2n) is 8.41. The van der Waals surface area contributed by atoms with Gasteiger partial charge in [-0.1, -0.05) is 60.7 Å². The Hall–Kier alpha value is -3.97. The summed E-state index contributed by atoms with van der Waals surface area (Å²) in [5, 5.41) is 3.03. The number of aryl methyl sites for hydroxylation is 1. The molecule has 5 rings (SSSR count). The number of pyridine rings is 1. The number of nitrogens with one attached hydrogen (secondary N) is 1. The van der Waals surface area contributed by atoms with Gasteiger partial charge in [0, 0.05) is 18.3 Å². The summed E-state index contributed by atoms with van der Waals surface area (Å²) in [6, 6.07) is 28.4. The highest BCUT2D eigenvalue weighted by Gasteiger charge is 2.29. The van der Waals surface area contributed by atoms with Crippen LogP contribution in [0.4, 0.5) is 5.69 Å². The van der Waals surface area contributed by atoms with Crippen LogP contribution in [-0.4, -0.2) is 25.9 Å². The molecule has 4 aromatic rings. The van der Waals surface area contributed by atoms with Gasteiger partial charge in [0.05, 0.1) is 22.3 Å². The molecule has 0 spiro atoms. The second kappa shape index (κ2) is 9.72. The van der Waals surface area contributed by atoms with Crippen molar-refractivity contribution < 1.29 is 13.2 Å². The van der Waals surface area contributed by atoms with Gasteiger partial charge in [-0.05, 0) is 60.4 Å². The molecule has 0 bridgehead atoms. The molecule has 0 aliphatic carbocycles. The molecule has 1 aliphatic heterocycles. The highest BCUT2D eigenvalue weighted by atomic mass is 32.2. The lowest BCUT2D eigenvalue weighted by Gasteiger charge is -2.30. The standard InChI is InChI=1S/C28H25N3O3S/c32-28(30-27(22-11-2-1-3-12-22)25-16-6-7-18-29-25)23-13-8-15-24(20-23)35(33,34)31-19-9-14-21-10-4-5-17-26(21)31/h1-8,10-13,15-18,20,27H,9,14,19H2,(H,30,32). The van der Waals surface area contributed by atoms with Crippen molar-refractivity contribution in [2.45, 2.75) is 23.8 Å². The van der Waals surface area contributed by atoms with Gasteiger partial charge < -0.3 is 5.32 Å². The highest BCUT2D eigenvalue weighted by molar-refractivity contribution is 7.92. The number of nitrogens with zero attached hydrogens (tertiary/aromatic N) is 2. The van der Waals surface area contributed by atoms with Crippen molar-refractivity contribution in [1.82, 2.24) is 10.3 Å². The van der Waals surface area contributed by atoms with Crippen LogP contribution in [0.2, 0.25) is 0 Å². The van der Waals surface area contributed by atoms with Crippen molar-refractivity contribution in [2.75, 3.05) is 10.8 Å². The molecule has 1 aromatic heterocycles. The first-order valence-corrected chi connectivity index (χ1v) is 13.0. The summed E-state index contributed by atoms with van der Waals surface area (Å²) in [5.74, 6) is -0.374. The molecule has 2 heterocycles. The van der Waals surface area contributed by atoms with Crippen LogP contribution in [-0.2, 0) is 16.4 Å². The van der Waals surface area contributed by atoms with Crippen LogP contribution in [0.5, 0.6) is 0 Å². The number of benzene rings is 3. The minimum absolute atomic E-state index is 0.0935. The van der Waals surface area contributed by atoms with Crippen LogP contribution in [0.3, 0.4) is 0 Å². The molecule has 176 valence electrons. The molecule has 0 saturated carbocycles. The van der Waals surface area contributed by atoms with E-state index in [4.69, 9.17) is 0 Å². The van der Waals surface area contributed by atoms with Gasteiger partial charge in [-0.2, -0.15) is 0 Å². The van der Waals surface area contributed by atoms with Crippen LogP contribution >= 0.6 is 0 Å². The number of amides is 1. The number of hydrogen-bond donors (Lipinski definition) is 1. The fraction of sp³-hybridized carbons (Fsp3) is 0.143. The van der Waals surface area contributed by atoms with E-state index in [1.54, 1.807) is 18.3 Å². The molecule has 0 radical (unpaired) electrons. The first-order chi connectivity index (χ1) is 17.0. The van der Waals surface area contributed by atoms with E-state index in [0.717, 1.165) is 24.0 Å². The topological polar surface area (TPSA) is 79.4 Å². The summed E-state index contributed by atoms with van der Waals surface area (Å²) in [6.07, 6.45) is 3.28. The fourth-order valence-electron chi connectivity index (χ4n) is 4.41. The Balaban J connectivity index is 1.45. The molecule has 0 saturated heterocycles. The maximum atomic E-state index is 13.6. The Bertz CT molecular complexity index is 1400. The number of carbonyl (C=O) groups excluding carboxylic acids is 1. The average Bonchev–Trinajstić information content (AvgIpc) is 2.92. The second-order valence-corrected chi connectivity index (χ2v) is 10.3. The summed E-state index contributed by atoms with van der Waals surface area (Å²) in [4.78, 5) is 17.8. The Morgan fingerprint density at radius 3 is 2.46 bits per heavy atom. The van der Waals surface area contributed by atoms with Crippen LogP contribution < -0.4 is 9.62 Å². The third-order valence-electron chi connectivity index (χ3n) is 6.14. The van der Waals surface area contributed by atoms with Gasteiger partial charge in [0.1, 0.15) is 0 Å². The molecule has 0 fully saturated rings. The van der Waals surface area contributed by atoms with Gasteiger partial charge in [0.2, 0.25) is 0 Å². The summed E-state index contributed by atoms with van der Waals surface area (Å²) in [7, 11) is -3.82. The molecule has 1 aliphatic rings. The smallest absolute Gasteiger partial charge is 0.264 e. The highest BCUT2D eigenvalue weighted by Crippen LogP contribution is 2.32. The minimum Gasteiger partial charge on any atom is -0.340 e. The van der Waals surface area contributed by atoms with E-state index in [2.05, 4.69) is 10.3 Å². The average molecular weight is 484 g/mol. The Kier molecular flexibility index (Phi) is 6.33. The number of hydrogen-bond acceptors (Lipinski definition) is 4. The molecule has 35 heavy (non-hydrogen) atoms. The van der Waals surface area contributed by atoms with Gasteiger partial charge in [-0.25, -0.2) is 8.42 Å². The molecule has 3 aromatic carbocycles. The zero-order valence-corrected chi connectivity index (χ0v) is 19.9. The number of anilines is 1. The van der Waals surface area contributed by atoms with E-state index in [-0.39, 0.29) is 16.4 Å². The lowest BCUT2D eigenvalue weighted by Crippen LogP contribution is -2.35. The predicted molar refractivity (Wildman–Crippen MR) is 136 cm³/mol. The molecule has 1 N–H and O–H groups in total. The summed E-state index contributed by atoms with van der Waals surface area (Å²) >= 11 is 0. The lowest BCUT2D eigenvalue weighted by molar-refractivity contribution is 0.0942. The molecule has 1 amide bonds. The van der Waals surface area contributed by atoms with Crippen molar-refractivity contribution in [3.8, 4) is 0 Å². The maximum Gasteiger partial charge on any atom is 0.264 e. The quantitative estimate of drug-likeness (QED) is 0.430. The fourth-order valence-corrected chi connectivity index (χ4v) is 6.00. The van der Waals surface area contributed by atoms with E-state index in [1.165, 1.54) is 16.4 Å². The SMILES string of the molecule is O=C(NC(c1ccccc1)c1ccccn1)c1cccc(S(=O)(=O)N2CCCc3ccccc32)c1. The maximum absolute atomic E-state index is 13.6. The minimum atomic E-state index is -3.82. The van der Waals surface area contributed by atoms with Crippen molar-refractivity contribution in [3.63, 3.8) is 0 Å². The van der Waals surface area contributed by atoms with Gasteiger partial charge in [0.15, 0.2) is 0 Å². The number of rotatable bonds is 6. The van der Waals surface area contributed by atoms with Gasteiger partial charge in [0.25, 0.3) is 15.9 Å². The number of aromatic nitrogens is 1. The summed E-state index contributed by atoms with van der Waals surface area (Å²) in [6.45, 7) is 0.408. The van der Waals surface area contributed by atoms with E-state index >= 15 is 0 Å². The molecule has 1 unspecified atom stereocenters. The van der Waals surface area contributed by atoms with Gasteiger partial charge >= 0.3 is 0 Å². The third kappa shape index (κ3) is 4.68. The molecule has 1 atom stereocenters. The van der Waals surface area contributed by atoms with E-state index < -0.39 is 16.1 Å². The zero-order chi connectivity index (χ0) is 24.3. The van der Waals surface area contributed by atoms with Crippen molar-refractivity contribution >= 4 is 21.6 Å². The number of para-hydroxylation sites is 1. The normalized spacial score (nSPS) is 14.1. The van der Waals surface area contributed by atoms with Gasteiger partial charge in [-0.15, -0.1) is 0 Å². The number of fused-ring (bicyclic) bond motifs is 1. The van der Waals surface area contributed by atoms with Crippen molar-refractivity contribution in [1.29, 1.82) is 0 Å². The van der Waals surface area contributed by atoms with Crippen LogP contribution in [0.15, 0.2) is 108 Å². The van der Waals surface area contributed by atoms with Crippen molar-refractivity contribution in [3.05, 3.63) is 126 Å². The number of sulfonamides is 1. The number of carbonyl (C=O) groups is 1. The van der Waals surface area contributed by atoms with Crippen LogP contribution in [0.25, 0.3) is 0 Å². The first-order valence-electron chi connectivity index (χ1n) is 11.5. The monoisotopic (exact) mass is 483 g/mol. The zero-order valence-electron chi connectivity index (χ0n) is 19.0.